The third-order valence-corrected chi connectivity index (χ3v) is 5.31. The zero-order valence-electron chi connectivity index (χ0n) is 16.9. The molecule has 1 heterocycles. The van der Waals surface area contributed by atoms with Gasteiger partial charge in [-0.05, 0) is 36.8 Å². The summed E-state index contributed by atoms with van der Waals surface area (Å²) in [5.41, 5.74) is 4.97. The van der Waals surface area contributed by atoms with Crippen molar-refractivity contribution in [2.24, 2.45) is 0 Å². The molecule has 4 rings (SSSR count). The maximum atomic E-state index is 13.5. The van der Waals surface area contributed by atoms with Crippen LogP contribution in [0.2, 0.25) is 5.02 Å². The Labute approximate surface area is 181 Å². The molecule has 4 nitrogen and oxygen atoms in total. The molecule has 0 atom stereocenters. The second-order valence-corrected chi connectivity index (χ2v) is 7.65. The molecular formula is C25H22ClN3O. The zero-order valence-corrected chi connectivity index (χ0v) is 17.7. The molecule has 0 aliphatic carbocycles. The Morgan fingerprint density at radius 1 is 0.933 bits per heavy atom. The molecule has 0 aliphatic heterocycles. The van der Waals surface area contributed by atoms with Crippen LogP contribution >= 0.6 is 11.6 Å². The van der Waals surface area contributed by atoms with Gasteiger partial charge in [-0.25, -0.2) is 4.68 Å². The number of carbonyl (C=O) groups excluding carboxylic acids is 1. The molecule has 0 saturated heterocycles. The van der Waals surface area contributed by atoms with Crippen LogP contribution in [0.25, 0.3) is 16.9 Å². The van der Waals surface area contributed by atoms with E-state index in [1.54, 1.807) is 4.90 Å². The van der Waals surface area contributed by atoms with E-state index in [2.05, 4.69) is 0 Å². The molecule has 0 saturated carbocycles. The van der Waals surface area contributed by atoms with Crippen LogP contribution in [-0.2, 0) is 6.54 Å². The number of hydrogen-bond acceptors (Lipinski definition) is 2. The minimum Gasteiger partial charge on any atom is -0.337 e. The first kappa shape index (κ1) is 19.9. The van der Waals surface area contributed by atoms with Crippen LogP contribution in [0.3, 0.4) is 0 Å². The summed E-state index contributed by atoms with van der Waals surface area (Å²) in [4.78, 5) is 15.2. The number of benzene rings is 3. The second-order valence-electron chi connectivity index (χ2n) is 7.21. The maximum absolute atomic E-state index is 13.5. The van der Waals surface area contributed by atoms with Gasteiger partial charge in [-0.3, -0.25) is 4.79 Å². The zero-order chi connectivity index (χ0) is 21.1. The third kappa shape index (κ3) is 4.00. The Balaban J connectivity index is 1.76. The Kier molecular flexibility index (Phi) is 5.68. The highest BCUT2D eigenvalue weighted by Gasteiger charge is 2.25. The van der Waals surface area contributed by atoms with Gasteiger partial charge < -0.3 is 4.90 Å². The molecule has 4 aromatic rings. The van der Waals surface area contributed by atoms with Crippen molar-refractivity contribution in [2.75, 3.05) is 7.05 Å². The summed E-state index contributed by atoms with van der Waals surface area (Å²) in [5, 5.41) is 5.50. The van der Waals surface area contributed by atoms with E-state index in [9.17, 15) is 4.79 Å². The van der Waals surface area contributed by atoms with E-state index in [-0.39, 0.29) is 5.91 Å². The van der Waals surface area contributed by atoms with Gasteiger partial charge in [0, 0.05) is 24.2 Å². The van der Waals surface area contributed by atoms with Crippen molar-refractivity contribution >= 4 is 17.5 Å². The van der Waals surface area contributed by atoms with E-state index in [1.807, 2.05) is 104 Å². The lowest BCUT2D eigenvalue weighted by Crippen LogP contribution is -2.27. The number of carbonyl (C=O) groups is 1. The van der Waals surface area contributed by atoms with Crippen molar-refractivity contribution in [3.8, 4) is 16.9 Å². The number of hydrogen-bond donors (Lipinski definition) is 0. The lowest BCUT2D eigenvalue weighted by atomic mass is 10.0. The van der Waals surface area contributed by atoms with E-state index < -0.39 is 0 Å². The van der Waals surface area contributed by atoms with Crippen molar-refractivity contribution in [1.29, 1.82) is 0 Å². The van der Waals surface area contributed by atoms with Crippen LogP contribution in [0, 0.1) is 6.92 Å². The van der Waals surface area contributed by atoms with Crippen LogP contribution in [0.1, 0.15) is 21.6 Å². The number of halogens is 1. The highest BCUT2D eigenvalue weighted by Crippen LogP contribution is 2.28. The van der Waals surface area contributed by atoms with E-state index in [0.717, 1.165) is 22.5 Å². The van der Waals surface area contributed by atoms with Crippen LogP contribution in [0.4, 0.5) is 0 Å². The van der Waals surface area contributed by atoms with Crippen molar-refractivity contribution in [3.63, 3.8) is 0 Å². The largest absolute Gasteiger partial charge is 0.337 e. The summed E-state index contributed by atoms with van der Waals surface area (Å²) in [6, 6.07) is 27.2. The lowest BCUT2D eigenvalue weighted by molar-refractivity contribution is 0.0785. The molecule has 0 unspecified atom stereocenters. The highest BCUT2D eigenvalue weighted by molar-refractivity contribution is 6.30. The van der Waals surface area contributed by atoms with Crippen molar-refractivity contribution in [2.45, 2.75) is 13.5 Å². The van der Waals surface area contributed by atoms with Gasteiger partial charge in [0.15, 0.2) is 0 Å². The Hall–Kier alpha value is -3.37. The molecule has 5 heteroatoms. The fourth-order valence-corrected chi connectivity index (χ4v) is 3.63. The van der Waals surface area contributed by atoms with Gasteiger partial charge >= 0.3 is 0 Å². The second kappa shape index (κ2) is 8.56. The normalized spacial score (nSPS) is 10.8. The van der Waals surface area contributed by atoms with Crippen LogP contribution in [-0.4, -0.2) is 27.6 Å². The predicted octanol–water partition coefficient (Wildman–Crippen LogP) is 5.77. The first-order valence-electron chi connectivity index (χ1n) is 9.75. The highest BCUT2D eigenvalue weighted by atomic mass is 35.5. The Morgan fingerprint density at radius 3 is 2.17 bits per heavy atom. The first-order chi connectivity index (χ1) is 14.5. The van der Waals surface area contributed by atoms with Gasteiger partial charge in [-0.1, -0.05) is 72.3 Å². The van der Waals surface area contributed by atoms with Crippen LogP contribution in [0.5, 0.6) is 0 Å². The van der Waals surface area contributed by atoms with Gasteiger partial charge in [0.1, 0.15) is 5.69 Å². The van der Waals surface area contributed by atoms with Crippen molar-refractivity contribution in [1.82, 2.24) is 14.7 Å². The summed E-state index contributed by atoms with van der Waals surface area (Å²) in [6.45, 7) is 2.43. The van der Waals surface area contributed by atoms with E-state index in [1.165, 1.54) is 0 Å². The predicted molar refractivity (Wildman–Crippen MR) is 121 cm³/mol. The molecule has 0 bridgehead atoms. The average Bonchev–Trinajstić information content (AvgIpc) is 3.13. The quantitative estimate of drug-likeness (QED) is 0.414. The molecule has 1 amide bonds. The van der Waals surface area contributed by atoms with Crippen molar-refractivity contribution in [3.05, 3.63) is 107 Å². The summed E-state index contributed by atoms with van der Waals surface area (Å²) in [7, 11) is 1.81. The van der Waals surface area contributed by atoms with Gasteiger partial charge in [0.05, 0.1) is 16.9 Å². The van der Waals surface area contributed by atoms with Gasteiger partial charge in [-0.2, -0.15) is 5.10 Å². The third-order valence-electron chi connectivity index (χ3n) is 5.06. The molecule has 0 radical (unpaired) electrons. The summed E-state index contributed by atoms with van der Waals surface area (Å²) < 4.78 is 1.84. The molecular weight excluding hydrogens is 394 g/mol. The molecule has 1 aromatic heterocycles. The molecule has 0 N–H and O–H groups in total. The number of aromatic nitrogens is 2. The van der Waals surface area contributed by atoms with Crippen LogP contribution < -0.4 is 0 Å². The summed E-state index contributed by atoms with van der Waals surface area (Å²) >= 11 is 5.99. The number of rotatable bonds is 5. The van der Waals surface area contributed by atoms with E-state index in [4.69, 9.17) is 16.7 Å². The molecule has 0 spiro atoms. The molecule has 30 heavy (non-hydrogen) atoms. The summed E-state index contributed by atoms with van der Waals surface area (Å²) in [5.74, 6) is -0.0662. The topological polar surface area (TPSA) is 38.1 Å². The van der Waals surface area contributed by atoms with E-state index in [0.29, 0.717) is 22.8 Å². The van der Waals surface area contributed by atoms with Gasteiger partial charge in [-0.15, -0.1) is 0 Å². The SMILES string of the molecule is Cc1c(C(=O)N(C)Cc2ccc(Cl)cc2)c(-c2ccccc2)nn1-c1ccccc1. The minimum atomic E-state index is -0.0662. The number of para-hydroxylation sites is 1. The maximum Gasteiger partial charge on any atom is 0.258 e. The minimum absolute atomic E-state index is 0.0662. The average molecular weight is 416 g/mol. The smallest absolute Gasteiger partial charge is 0.258 e. The molecule has 3 aromatic carbocycles. The molecule has 0 aliphatic rings. The Morgan fingerprint density at radius 2 is 1.53 bits per heavy atom. The summed E-state index contributed by atoms with van der Waals surface area (Å²) in [6.07, 6.45) is 0. The van der Waals surface area contributed by atoms with Crippen molar-refractivity contribution < 1.29 is 4.79 Å². The molecule has 0 fully saturated rings. The van der Waals surface area contributed by atoms with Crippen LogP contribution in [0.15, 0.2) is 84.9 Å². The van der Waals surface area contributed by atoms with E-state index >= 15 is 0 Å². The number of nitrogens with zero attached hydrogens (tertiary/aromatic N) is 3. The fourth-order valence-electron chi connectivity index (χ4n) is 3.50. The van der Waals surface area contributed by atoms with Gasteiger partial charge in [0.2, 0.25) is 0 Å². The number of amides is 1. The monoisotopic (exact) mass is 415 g/mol. The lowest BCUT2D eigenvalue weighted by Gasteiger charge is -2.18. The Bertz CT molecular complexity index is 1150. The standard InChI is InChI=1S/C25H22ClN3O/c1-18-23(25(30)28(2)17-19-13-15-21(26)16-14-19)24(20-9-5-3-6-10-20)27-29(18)22-11-7-4-8-12-22/h3-16H,17H2,1-2H3. The molecule has 150 valence electrons. The fraction of sp³-hybridized carbons (Fsp3) is 0.120. The van der Waals surface area contributed by atoms with Gasteiger partial charge in [0.25, 0.3) is 5.91 Å². The first-order valence-corrected chi connectivity index (χ1v) is 10.1.